The van der Waals surface area contributed by atoms with Crippen LogP contribution in [0.4, 0.5) is 0 Å². The second kappa shape index (κ2) is 6.33. The van der Waals surface area contributed by atoms with E-state index in [4.69, 9.17) is 9.32 Å². The molecule has 3 aliphatic carbocycles. The Balaban J connectivity index is 1.76. The molecule has 0 saturated heterocycles. The van der Waals surface area contributed by atoms with Crippen LogP contribution < -0.4 is 9.32 Å². The Hall–Kier alpha value is -1.37. The van der Waals surface area contributed by atoms with E-state index >= 15 is 0 Å². The number of nitrogens with two attached hydrogens (primary N) is 1. The fourth-order valence-electron chi connectivity index (χ4n) is 6.56. The topological polar surface area (TPSA) is 89.6 Å². The molecular formula is C21H29NO4S. The van der Waals surface area contributed by atoms with Gasteiger partial charge < -0.3 is 9.29 Å². The van der Waals surface area contributed by atoms with Gasteiger partial charge in [0, 0.05) is 5.41 Å². The smallest absolute Gasteiger partial charge is 0.380 e. The Morgan fingerprint density at radius 2 is 2.15 bits per heavy atom. The first-order valence-corrected chi connectivity index (χ1v) is 11.3. The fraction of sp³-hybridized carbons (Fsp3) is 0.619. The Labute approximate surface area is 161 Å². The van der Waals surface area contributed by atoms with Crippen molar-refractivity contribution in [2.75, 3.05) is 0 Å². The predicted octanol–water partition coefficient (Wildman–Crippen LogP) is 3.22. The van der Waals surface area contributed by atoms with Crippen molar-refractivity contribution in [3.8, 4) is 5.75 Å². The summed E-state index contributed by atoms with van der Waals surface area (Å²) in [5, 5.41) is 15.4. The average molecular weight is 392 g/mol. The third-order valence-electron chi connectivity index (χ3n) is 7.52. The lowest BCUT2D eigenvalue weighted by molar-refractivity contribution is 0.00646. The molecule has 0 heterocycles. The van der Waals surface area contributed by atoms with Gasteiger partial charge in [0.15, 0.2) is 0 Å². The molecule has 0 amide bonds. The second-order valence-electron chi connectivity index (χ2n) is 9.04. The molecule has 0 bridgehead atoms. The van der Waals surface area contributed by atoms with Crippen LogP contribution in [0.25, 0.3) is 0 Å². The van der Waals surface area contributed by atoms with Crippen molar-refractivity contribution in [2.45, 2.75) is 63.4 Å². The molecular weight excluding hydrogens is 362 g/mol. The molecule has 3 N–H and O–H groups in total. The van der Waals surface area contributed by atoms with Crippen LogP contribution in [0.2, 0.25) is 0 Å². The minimum atomic E-state index is -4.02. The van der Waals surface area contributed by atoms with E-state index < -0.39 is 10.3 Å². The molecule has 5 atom stereocenters. The first kappa shape index (κ1) is 19.0. The summed E-state index contributed by atoms with van der Waals surface area (Å²) in [5.74, 6) is 1.32. The van der Waals surface area contributed by atoms with Crippen molar-refractivity contribution < 1.29 is 17.7 Å². The molecule has 0 radical (unpaired) electrons. The van der Waals surface area contributed by atoms with Gasteiger partial charge in [0.05, 0.1) is 6.10 Å². The van der Waals surface area contributed by atoms with E-state index in [9.17, 15) is 13.5 Å². The van der Waals surface area contributed by atoms with Crippen LogP contribution in [0, 0.1) is 17.3 Å². The maximum atomic E-state index is 11.3. The third kappa shape index (κ3) is 3.12. The number of aliphatic hydroxyl groups is 1. The van der Waals surface area contributed by atoms with Crippen molar-refractivity contribution in [3.63, 3.8) is 0 Å². The normalized spacial score (nSPS) is 37.8. The monoisotopic (exact) mass is 391 g/mol. The van der Waals surface area contributed by atoms with E-state index in [0.717, 1.165) is 50.5 Å². The van der Waals surface area contributed by atoms with Crippen molar-refractivity contribution >= 4 is 10.3 Å². The van der Waals surface area contributed by atoms with Gasteiger partial charge in [-0.3, -0.25) is 0 Å². The first-order valence-electron chi connectivity index (χ1n) is 9.81. The van der Waals surface area contributed by atoms with Crippen LogP contribution in [-0.4, -0.2) is 19.6 Å². The summed E-state index contributed by atoms with van der Waals surface area (Å²) in [4.78, 5) is 0. The number of aliphatic hydroxyl groups excluding tert-OH is 1. The molecule has 1 aromatic rings. The molecule has 148 valence electrons. The minimum Gasteiger partial charge on any atom is -0.393 e. The van der Waals surface area contributed by atoms with Gasteiger partial charge >= 0.3 is 10.3 Å². The highest BCUT2D eigenvalue weighted by atomic mass is 32.2. The van der Waals surface area contributed by atoms with Crippen molar-refractivity contribution in [2.24, 2.45) is 22.4 Å². The zero-order valence-electron chi connectivity index (χ0n) is 15.9. The average Bonchev–Trinajstić information content (AvgIpc) is 2.87. The SMILES string of the molecule is C=CC[C@]12CC[C@]3(C)C[C@H](O)CC3C1CCc1cc(OS(N)(=O)=O)ccc12. The lowest BCUT2D eigenvalue weighted by atomic mass is 9.48. The summed E-state index contributed by atoms with van der Waals surface area (Å²) in [7, 11) is -4.02. The van der Waals surface area contributed by atoms with Gasteiger partial charge in [0.25, 0.3) is 0 Å². The van der Waals surface area contributed by atoms with Crippen molar-refractivity contribution in [3.05, 3.63) is 42.0 Å². The quantitative estimate of drug-likeness (QED) is 0.771. The molecule has 0 spiro atoms. The standard InChI is InChI=1S/C21H29NO4S/c1-3-8-21-10-9-20(2)13-15(23)12-19(20)18(21)6-4-14-11-16(5-7-17(14)21)26-27(22,24)25/h3,5,7,11,15,18-19,23H,1,4,6,8-10,12-13H2,2H3,(H2,22,24,25)/t15-,18?,19?,20-,21-/m1/s1. The molecule has 6 heteroatoms. The molecule has 1 aromatic carbocycles. The maximum Gasteiger partial charge on any atom is 0.380 e. The van der Waals surface area contributed by atoms with Crippen LogP contribution in [0.5, 0.6) is 5.75 Å². The second-order valence-corrected chi connectivity index (χ2v) is 10.2. The first-order chi connectivity index (χ1) is 12.7. The Bertz CT molecular complexity index is 867. The van der Waals surface area contributed by atoms with Crippen LogP contribution in [0.3, 0.4) is 0 Å². The van der Waals surface area contributed by atoms with E-state index in [1.807, 2.05) is 18.2 Å². The molecule has 3 aliphatic rings. The molecule has 2 unspecified atom stereocenters. The Morgan fingerprint density at radius 3 is 2.85 bits per heavy atom. The van der Waals surface area contributed by atoms with Gasteiger partial charge in [0.1, 0.15) is 5.75 Å². The van der Waals surface area contributed by atoms with E-state index in [1.54, 1.807) is 6.07 Å². The van der Waals surface area contributed by atoms with Gasteiger partial charge in [-0.2, -0.15) is 13.6 Å². The zero-order valence-corrected chi connectivity index (χ0v) is 16.7. The summed E-state index contributed by atoms with van der Waals surface area (Å²) in [5.41, 5.74) is 2.69. The molecule has 5 nitrogen and oxygen atoms in total. The number of rotatable bonds is 4. The molecule has 2 saturated carbocycles. The number of fused-ring (bicyclic) bond motifs is 5. The maximum absolute atomic E-state index is 11.3. The summed E-state index contributed by atoms with van der Waals surface area (Å²) < 4.78 is 27.4. The van der Waals surface area contributed by atoms with E-state index in [1.165, 1.54) is 5.56 Å². The van der Waals surface area contributed by atoms with E-state index in [0.29, 0.717) is 11.8 Å². The predicted molar refractivity (Wildman–Crippen MR) is 105 cm³/mol. The minimum absolute atomic E-state index is 0.0175. The largest absolute Gasteiger partial charge is 0.393 e. The van der Waals surface area contributed by atoms with Gasteiger partial charge in [-0.15, -0.1) is 6.58 Å². The molecule has 0 aromatic heterocycles. The highest BCUT2D eigenvalue weighted by molar-refractivity contribution is 7.84. The van der Waals surface area contributed by atoms with Crippen LogP contribution in [0.15, 0.2) is 30.9 Å². The van der Waals surface area contributed by atoms with Gasteiger partial charge in [-0.05, 0) is 85.5 Å². The third-order valence-corrected chi connectivity index (χ3v) is 7.94. The molecule has 0 aliphatic heterocycles. The summed E-state index contributed by atoms with van der Waals surface area (Å²) in [6.45, 7) is 6.38. The molecule has 2 fully saturated rings. The fourth-order valence-corrected chi connectivity index (χ4v) is 6.93. The van der Waals surface area contributed by atoms with E-state index in [-0.39, 0.29) is 22.7 Å². The lowest BCUT2D eigenvalue weighted by Gasteiger charge is -2.56. The van der Waals surface area contributed by atoms with Gasteiger partial charge in [-0.1, -0.05) is 19.1 Å². The van der Waals surface area contributed by atoms with Gasteiger partial charge in [0.2, 0.25) is 0 Å². The Kier molecular flexibility index (Phi) is 4.44. The van der Waals surface area contributed by atoms with Crippen LogP contribution in [0.1, 0.15) is 56.6 Å². The van der Waals surface area contributed by atoms with Crippen molar-refractivity contribution in [1.29, 1.82) is 0 Å². The van der Waals surface area contributed by atoms with Crippen molar-refractivity contribution in [1.82, 2.24) is 0 Å². The van der Waals surface area contributed by atoms with E-state index in [2.05, 4.69) is 13.5 Å². The van der Waals surface area contributed by atoms with Gasteiger partial charge in [-0.25, -0.2) is 0 Å². The van der Waals surface area contributed by atoms with Crippen LogP contribution >= 0.6 is 0 Å². The number of hydrogen-bond acceptors (Lipinski definition) is 4. The number of benzene rings is 1. The summed E-state index contributed by atoms with van der Waals surface area (Å²) in [6, 6.07) is 5.57. The number of allylic oxidation sites excluding steroid dienone is 1. The zero-order chi connectivity index (χ0) is 19.4. The highest BCUT2D eigenvalue weighted by Crippen LogP contribution is 2.64. The van der Waals surface area contributed by atoms with Crippen LogP contribution in [-0.2, 0) is 22.1 Å². The molecule has 27 heavy (non-hydrogen) atoms. The number of hydrogen-bond donors (Lipinski definition) is 2. The summed E-state index contributed by atoms with van der Waals surface area (Å²) in [6.07, 6.45) is 8.66. The lowest BCUT2D eigenvalue weighted by Crippen LogP contribution is -2.50. The summed E-state index contributed by atoms with van der Waals surface area (Å²) >= 11 is 0. The molecule has 4 rings (SSSR count). The Morgan fingerprint density at radius 1 is 1.37 bits per heavy atom. The number of aryl methyl sites for hydroxylation is 1. The highest BCUT2D eigenvalue weighted by Gasteiger charge is 2.58.